The van der Waals surface area contributed by atoms with Crippen LogP contribution in [0.5, 0.6) is 0 Å². The van der Waals surface area contributed by atoms with Gasteiger partial charge in [-0.15, -0.1) is 0 Å². The van der Waals surface area contributed by atoms with Crippen molar-refractivity contribution in [2.75, 3.05) is 0 Å². The molecule has 0 aliphatic carbocycles. The van der Waals surface area contributed by atoms with Crippen molar-refractivity contribution in [3.63, 3.8) is 0 Å². The summed E-state index contributed by atoms with van der Waals surface area (Å²) in [6.07, 6.45) is -1.64. The Morgan fingerprint density at radius 1 is 1.90 bits per heavy atom. The standard InChI is InChI=1S/C5H10FNO3/c1-3(8)2-5(6,7)4(9)10/h3,8H,2,7H2,1H3,(H,9,10). The molecule has 5 heteroatoms. The molecular weight excluding hydrogens is 141 g/mol. The number of aliphatic hydroxyl groups excluding tert-OH is 1. The molecule has 0 aliphatic rings. The lowest BCUT2D eigenvalue weighted by Gasteiger charge is -2.15. The van der Waals surface area contributed by atoms with Crippen LogP contribution in [-0.4, -0.2) is 28.1 Å². The Kier molecular flexibility index (Phi) is 2.74. The summed E-state index contributed by atoms with van der Waals surface area (Å²) in [7, 11) is 0. The largest absolute Gasteiger partial charge is 0.478 e. The zero-order valence-electron chi connectivity index (χ0n) is 5.54. The molecule has 0 heterocycles. The maximum absolute atomic E-state index is 12.5. The monoisotopic (exact) mass is 151 g/mol. The lowest BCUT2D eigenvalue weighted by molar-refractivity contribution is -0.152. The van der Waals surface area contributed by atoms with Gasteiger partial charge in [-0.25, -0.2) is 9.18 Å². The Labute approximate surface area is 57.5 Å². The summed E-state index contributed by atoms with van der Waals surface area (Å²) in [5, 5.41) is 16.6. The molecule has 0 aromatic rings. The van der Waals surface area contributed by atoms with Gasteiger partial charge in [-0.2, -0.15) is 0 Å². The molecule has 4 N–H and O–H groups in total. The molecule has 4 nitrogen and oxygen atoms in total. The molecule has 0 aromatic carbocycles. The zero-order chi connectivity index (χ0) is 8.36. The van der Waals surface area contributed by atoms with Crippen molar-refractivity contribution in [3.8, 4) is 0 Å². The van der Waals surface area contributed by atoms with E-state index in [4.69, 9.17) is 10.2 Å². The van der Waals surface area contributed by atoms with Gasteiger partial charge in [0.1, 0.15) is 0 Å². The summed E-state index contributed by atoms with van der Waals surface area (Å²) in [5.41, 5.74) is 4.63. The van der Waals surface area contributed by atoms with E-state index in [1.807, 2.05) is 0 Å². The average molecular weight is 151 g/mol. The van der Waals surface area contributed by atoms with Gasteiger partial charge >= 0.3 is 5.97 Å². The Morgan fingerprint density at radius 3 is 2.40 bits per heavy atom. The van der Waals surface area contributed by atoms with Crippen LogP contribution in [0.25, 0.3) is 0 Å². The van der Waals surface area contributed by atoms with E-state index in [9.17, 15) is 9.18 Å². The molecule has 0 amide bonds. The fourth-order valence-electron chi connectivity index (χ4n) is 0.517. The lowest BCUT2D eigenvalue weighted by atomic mass is 10.1. The van der Waals surface area contributed by atoms with Gasteiger partial charge < -0.3 is 10.2 Å². The summed E-state index contributed by atoms with van der Waals surface area (Å²) in [6, 6.07) is 0. The van der Waals surface area contributed by atoms with Gasteiger partial charge in [0.15, 0.2) is 0 Å². The van der Waals surface area contributed by atoms with Crippen molar-refractivity contribution >= 4 is 5.97 Å². The molecule has 0 aromatic heterocycles. The number of nitrogens with two attached hydrogens (primary N) is 1. The summed E-state index contributed by atoms with van der Waals surface area (Å²) < 4.78 is 12.5. The first-order valence-electron chi connectivity index (χ1n) is 2.75. The molecule has 2 unspecified atom stereocenters. The van der Waals surface area contributed by atoms with Crippen molar-refractivity contribution in [2.45, 2.75) is 25.2 Å². The smallest absolute Gasteiger partial charge is 0.356 e. The molecule has 0 aliphatic heterocycles. The maximum Gasteiger partial charge on any atom is 0.356 e. The average Bonchev–Trinajstić information content (AvgIpc) is 1.60. The number of hydrogen-bond acceptors (Lipinski definition) is 3. The number of carbonyl (C=O) groups is 1. The first-order valence-corrected chi connectivity index (χ1v) is 2.75. The minimum Gasteiger partial charge on any atom is -0.478 e. The van der Waals surface area contributed by atoms with Crippen LogP contribution in [0.2, 0.25) is 0 Å². The Bertz CT molecular complexity index is 135. The molecule has 0 saturated heterocycles. The fourth-order valence-corrected chi connectivity index (χ4v) is 0.517. The van der Waals surface area contributed by atoms with Gasteiger partial charge in [0.05, 0.1) is 6.10 Å². The molecule has 0 bridgehead atoms. The van der Waals surface area contributed by atoms with E-state index in [0.717, 1.165) is 0 Å². The normalized spacial score (nSPS) is 19.6. The second-order valence-corrected chi connectivity index (χ2v) is 2.22. The van der Waals surface area contributed by atoms with E-state index in [0.29, 0.717) is 0 Å². The van der Waals surface area contributed by atoms with Crippen LogP contribution in [0.15, 0.2) is 0 Å². The van der Waals surface area contributed by atoms with Crippen molar-refractivity contribution in [1.29, 1.82) is 0 Å². The molecule has 0 rings (SSSR count). The Hall–Kier alpha value is -0.680. The molecule has 0 spiro atoms. The third-order valence-electron chi connectivity index (χ3n) is 0.948. The highest BCUT2D eigenvalue weighted by Crippen LogP contribution is 2.10. The third kappa shape index (κ3) is 2.75. The van der Waals surface area contributed by atoms with Crippen LogP contribution in [-0.2, 0) is 4.79 Å². The minimum atomic E-state index is -2.81. The van der Waals surface area contributed by atoms with E-state index < -0.39 is 24.3 Å². The van der Waals surface area contributed by atoms with E-state index in [1.165, 1.54) is 6.92 Å². The van der Waals surface area contributed by atoms with Crippen molar-refractivity contribution in [2.24, 2.45) is 5.73 Å². The highest BCUT2D eigenvalue weighted by Gasteiger charge is 2.34. The van der Waals surface area contributed by atoms with Gasteiger partial charge in [-0.3, -0.25) is 5.73 Å². The van der Waals surface area contributed by atoms with E-state index >= 15 is 0 Å². The predicted octanol–water partition coefficient (Wildman–Crippen LogP) is -0.534. The minimum absolute atomic E-state index is 0.595. The van der Waals surface area contributed by atoms with Crippen molar-refractivity contribution in [1.82, 2.24) is 0 Å². The van der Waals surface area contributed by atoms with Gasteiger partial charge in [0.25, 0.3) is 5.79 Å². The van der Waals surface area contributed by atoms with Crippen LogP contribution in [0.3, 0.4) is 0 Å². The van der Waals surface area contributed by atoms with E-state index in [1.54, 1.807) is 0 Å². The van der Waals surface area contributed by atoms with Crippen molar-refractivity contribution in [3.05, 3.63) is 0 Å². The molecule has 0 saturated carbocycles. The van der Waals surface area contributed by atoms with E-state index in [2.05, 4.69) is 5.73 Å². The van der Waals surface area contributed by atoms with Crippen molar-refractivity contribution < 1.29 is 19.4 Å². The van der Waals surface area contributed by atoms with Crippen LogP contribution in [0.4, 0.5) is 4.39 Å². The topological polar surface area (TPSA) is 83.5 Å². The molecule has 60 valence electrons. The lowest BCUT2D eigenvalue weighted by Crippen LogP contribution is -2.45. The number of carboxylic acid groups (broad SMARTS) is 1. The highest BCUT2D eigenvalue weighted by molar-refractivity contribution is 5.76. The van der Waals surface area contributed by atoms with E-state index in [-0.39, 0.29) is 0 Å². The summed E-state index contributed by atoms with van der Waals surface area (Å²) in [6.45, 7) is 1.27. The summed E-state index contributed by atoms with van der Waals surface area (Å²) >= 11 is 0. The van der Waals surface area contributed by atoms with Crippen LogP contribution in [0.1, 0.15) is 13.3 Å². The number of carboxylic acids is 1. The third-order valence-corrected chi connectivity index (χ3v) is 0.948. The van der Waals surface area contributed by atoms with Gasteiger partial charge in [0.2, 0.25) is 0 Å². The zero-order valence-corrected chi connectivity index (χ0v) is 5.54. The Balaban J connectivity index is 4.00. The number of halogens is 1. The first kappa shape index (κ1) is 9.32. The number of hydrogen-bond donors (Lipinski definition) is 3. The first-order chi connectivity index (χ1) is 4.36. The molecule has 10 heavy (non-hydrogen) atoms. The SMILES string of the molecule is CC(O)CC(N)(F)C(=O)O. The Morgan fingerprint density at radius 2 is 2.30 bits per heavy atom. The summed E-state index contributed by atoms with van der Waals surface area (Å²) in [4.78, 5) is 9.95. The molecule has 2 atom stereocenters. The molecule has 0 radical (unpaired) electrons. The second-order valence-electron chi connectivity index (χ2n) is 2.22. The van der Waals surface area contributed by atoms with Crippen LogP contribution in [0, 0.1) is 0 Å². The number of rotatable bonds is 3. The van der Waals surface area contributed by atoms with Crippen LogP contribution >= 0.6 is 0 Å². The molecule has 0 fully saturated rings. The van der Waals surface area contributed by atoms with Crippen LogP contribution < -0.4 is 5.73 Å². The quantitative estimate of drug-likeness (QED) is 0.473. The molecular formula is C5H10FNO3. The highest BCUT2D eigenvalue weighted by atomic mass is 19.1. The van der Waals surface area contributed by atoms with Gasteiger partial charge in [-0.1, -0.05) is 0 Å². The second kappa shape index (κ2) is 2.94. The number of aliphatic hydroxyl groups is 1. The fraction of sp³-hybridized carbons (Fsp3) is 0.800. The number of aliphatic carboxylic acids is 1. The maximum atomic E-state index is 12.5. The van der Waals surface area contributed by atoms with Gasteiger partial charge in [-0.05, 0) is 6.92 Å². The summed E-state index contributed by atoms with van der Waals surface area (Å²) in [5.74, 6) is -4.57. The number of alkyl halides is 1. The predicted molar refractivity (Wildman–Crippen MR) is 32.0 cm³/mol. The van der Waals surface area contributed by atoms with Gasteiger partial charge in [0, 0.05) is 6.42 Å².